The molecule has 2 rings (SSSR count). The SMILES string of the molecule is CCCCCN1C(=O)c2cc(F)ccc2C(=O)C1C(=O)OC(C)(C)C. The average molecular weight is 349 g/mol. The quantitative estimate of drug-likeness (QED) is 0.464. The summed E-state index contributed by atoms with van der Waals surface area (Å²) >= 11 is 0. The number of nitrogens with zero attached hydrogens (tertiary/aromatic N) is 1. The van der Waals surface area contributed by atoms with E-state index >= 15 is 0 Å². The maximum Gasteiger partial charge on any atom is 0.337 e. The number of Topliss-reactive ketones (excluding diaryl/α,β-unsaturated/α-hetero) is 1. The number of hydrogen-bond donors (Lipinski definition) is 0. The summed E-state index contributed by atoms with van der Waals surface area (Å²) in [7, 11) is 0. The molecule has 0 aliphatic carbocycles. The van der Waals surface area contributed by atoms with Gasteiger partial charge in [-0.1, -0.05) is 19.8 Å². The van der Waals surface area contributed by atoms with Crippen molar-refractivity contribution in [3.05, 3.63) is 35.1 Å². The molecule has 25 heavy (non-hydrogen) atoms. The van der Waals surface area contributed by atoms with Crippen LogP contribution in [0.4, 0.5) is 4.39 Å². The second-order valence-electron chi connectivity index (χ2n) is 7.20. The predicted octanol–water partition coefficient (Wildman–Crippen LogP) is 3.36. The second kappa shape index (κ2) is 7.33. The van der Waals surface area contributed by atoms with Crippen LogP contribution in [0.25, 0.3) is 0 Å². The molecule has 1 aromatic rings. The van der Waals surface area contributed by atoms with Gasteiger partial charge in [0.2, 0.25) is 0 Å². The molecule has 0 N–H and O–H groups in total. The summed E-state index contributed by atoms with van der Waals surface area (Å²) in [4.78, 5) is 39.4. The minimum atomic E-state index is -1.32. The first kappa shape index (κ1) is 19.1. The van der Waals surface area contributed by atoms with Gasteiger partial charge in [-0.15, -0.1) is 0 Å². The second-order valence-corrected chi connectivity index (χ2v) is 7.20. The van der Waals surface area contributed by atoms with Crippen molar-refractivity contribution in [3.63, 3.8) is 0 Å². The number of carbonyl (C=O) groups is 3. The number of ketones is 1. The molecule has 1 aliphatic rings. The number of rotatable bonds is 5. The summed E-state index contributed by atoms with van der Waals surface area (Å²) < 4.78 is 18.9. The lowest BCUT2D eigenvalue weighted by molar-refractivity contribution is -0.158. The Bertz CT molecular complexity index is 693. The molecule has 1 unspecified atom stereocenters. The van der Waals surface area contributed by atoms with Crippen molar-refractivity contribution in [2.75, 3.05) is 6.54 Å². The highest BCUT2D eigenvalue weighted by atomic mass is 19.1. The number of fused-ring (bicyclic) bond motifs is 1. The Morgan fingerprint density at radius 3 is 2.48 bits per heavy atom. The van der Waals surface area contributed by atoms with Gasteiger partial charge in [0, 0.05) is 12.1 Å². The minimum Gasteiger partial charge on any atom is -0.458 e. The van der Waals surface area contributed by atoms with Crippen molar-refractivity contribution in [3.8, 4) is 0 Å². The zero-order valence-corrected chi connectivity index (χ0v) is 15.1. The Morgan fingerprint density at radius 2 is 1.88 bits per heavy atom. The molecular weight excluding hydrogens is 325 g/mol. The highest BCUT2D eigenvalue weighted by Gasteiger charge is 2.44. The molecule has 0 aromatic heterocycles. The number of amides is 1. The van der Waals surface area contributed by atoms with Gasteiger partial charge in [-0.05, 0) is 45.4 Å². The summed E-state index contributed by atoms with van der Waals surface area (Å²) in [5.41, 5.74) is -0.714. The summed E-state index contributed by atoms with van der Waals surface area (Å²) in [6, 6.07) is 2.10. The summed E-state index contributed by atoms with van der Waals surface area (Å²) in [5.74, 6) is -2.39. The molecule has 1 heterocycles. The Labute approximate surface area is 147 Å². The molecule has 1 aromatic carbocycles. The van der Waals surface area contributed by atoms with E-state index in [-0.39, 0.29) is 17.7 Å². The topological polar surface area (TPSA) is 63.7 Å². The molecule has 136 valence electrons. The largest absolute Gasteiger partial charge is 0.458 e. The zero-order chi connectivity index (χ0) is 18.8. The van der Waals surface area contributed by atoms with E-state index in [1.165, 1.54) is 11.0 Å². The molecule has 0 fully saturated rings. The molecule has 0 radical (unpaired) electrons. The van der Waals surface area contributed by atoms with Crippen LogP contribution in [0.5, 0.6) is 0 Å². The molecule has 0 saturated heterocycles. The van der Waals surface area contributed by atoms with Crippen LogP contribution < -0.4 is 0 Å². The molecule has 5 nitrogen and oxygen atoms in total. The average Bonchev–Trinajstić information content (AvgIpc) is 2.50. The molecular formula is C19H24FNO4. The van der Waals surface area contributed by atoms with Crippen molar-refractivity contribution in [2.24, 2.45) is 0 Å². The van der Waals surface area contributed by atoms with E-state index in [2.05, 4.69) is 0 Å². The van der Waals surface area contributed by atoms with Crippen molar-refractivity contribution < 1.29 is 23.5 Å². The molecule has 1 aliphatic heterocycles. The first-order chi connectivity index (χ1) is 11.7. The Hall–Kier alpha value is -2.24. The Kier molecular flexibility index (Phi) is 5.60. The minimum absolute atomic E-state index is 0.00121. The number of hydrogen-bond acceptors (Lipinski definition) is 4. The first-order valence-corrected chi connectivity index (χ1v) is 8.53. The van der Waals surface area contributed by atoms with Crippen LogP contribution in [0.1, 0.15) is 67.7 Å². The molecule has 0 spiro atoms. The third-order valence-electron chi connectivity index (χ3n) is 3.93. The van der Waals surface area contributed by atoms with Gasteiger partial charge in [-0.25, -0.2) is 9.18 Å². The lowest BCUT2D eigenvalue weighted by Gasteiger charge is -2.35. The molecule has 1 atom stereocenters. The molecule has 6 heteroatoms. The van der Waals surface area contributed by atoms with Crippen LogP contribution in [-0.4, -0.2) is 40.7 Å². The highest BCUT2D eigenvalue weighted by Crippen LogP contribution is 2.26. The summed E-state index contributed by atoms with van der Waals surface area (Å²) in [6.07, 6.45) is 2.44. The van der Waals surface area contributed by atoms with Crippen molar-refractivity contribution >= 4 is 17.7 Å². The smallest absolute Gasteiger partial charge is 0.337 e. The third-order valence-corrected chi connectivity index (χ3v) is 3.93. The van der Waals surface area contributed by atoms with E-state index in [0.717, 1.165) is 25.0 Å². The maximum atomic E-state index is 13.5. The van der Waals surface area contributed by atoms with Gasteiger partial charge >= 0.3 is 5.97 Å². The summed E-state index contributed by atoms with van der Waals surface area (Å²) in [6.45, 7) is 7.36. The van der Waals surface area contributed by atoms with Gasteiger partial charge in [0.15, 0.2) is 11.8 Å². The van der Waals surface area contributed by atoms with Gasteiger partial charge in [-0.2, -0.15) is 0 Å². The van der Waals surface area contributed by atoms with Crippen LogP contribution in [0, 0.1) is 5.82 Å². The molecule has 0 bridgehead atoms. The van der Waals surface area contributed by atoms with E-state index < -0.39 is 35.1 Å². The number of ether oxygens (including phenoxy) is 1. The van der Waals surface area contributed by atoms with E-state index in [4.69, 9.17) is 4.74 Å². The summed E-state index contributed by atoms with van der Waals surface area (Å²) in [5, 5.41) is 0. The normalized spacial score (nSPS) is 17.5. The first-order valence-electron chi connectivity index (χ1n) is 8.53. The fourth-order valence-corrected chi connectivity index (χ4v) is 2.82. The fraction of sp³-hybridized carbons (Fsp3) is 0.526. The lowest BCUT2D eigenvalue weighted by Crippen LogP contribution is -2.55. The van der Waals surface area contributed by atoms with Crippen LogP contribution in [0.2, 0.25) is 0 Å². The number of halogens is 1. The van der Waals surface area contributed by atoms with E-state index in [9.17, 15) is 18.8 Å². The van der Waals surface area contributed by atoms with E-state index in [1.807, 2.05) is 6.92 Å². The Balaban J connectivity index is 2.42. The van der Waals surface area contributed by atoms with Crippen LogP contribution in [0.15, 0.2) is 18.2 Å². The zero-order valence-electron chi connectivity index (χ0n) is 15.1. The number of benzene rings is 1. The molecule has 0 saturated carbocycles. The van der Waals surface area contributed by atoms with Crippen LogP contribution >= 0.6 is 0 Å². The standard InChI is InChI=1S/C19H24FNO4/c1-5-6-7-10-21-15(18(24)25-19(2,3)4)16(22)13-9-8-12(20)11-14(13)17(21)23/h8-9,11,15H,5-7,10H2,1-4H3. The monoisotopic (exact) mass is 349 g/mol. The van der Waals surface area contributed by atoms with Gasteiger partial charge in [0.05, 0.1) is 5.56 Å². The molecule has 1 amide bonds. The van der Waals surface area contributed by atoms with Crippen molar-refractivity contribution in [2.45, 2.75) is 58.6 Å². The van der Waals surface area contributed by atoms with Gasteiger partial charge in [0.1, 0.15) is 11.4 Å². The maximum absolute atomic E-state index is 13.5. The van der Waals surface area contributed by atoms with Crippen LogP contribution in [0.3, 0.4) is 0 Å². The van der Waals surface area contributed by atoms with Gasteiger partial charge in [-0.3, -0.25) is 9.59 Å². The predicted molar refractivity (Wildman–Crippen MR) is 90.9 cm³/mol. The number of carbonyl (C=O) groups excluding carboxylic acids is 3. The van der Waals surface area contributed by atoms with Crippen LogP contribution in [-0.2, 0) is 9.53 Å². The van der Waals surface area contributed by atoms with Crippen molar-refractivity contribution in [1.82, 2.24) is 4.90 Å². The number of esters is 1. The van der Waals surface area contributed by atoms with Gasteiger partial charge in [0.25, 0.3) is 5.91 Å². The highest BCUT2D eigenvalue weighted by molar-refractivity contribution is 6.22. The van der Waals surface area contributed by atoms with E-state index in [1.54, 1.807) is 20.8 Å². The number of unbranched alkanes of at least 4 members (excludes halogenated alkanes) is 2. The third kappa shape index (κ3) is 4.24. The van der Waals surface area contributed by atoms with Gasteiger partial charge < -0.3 is 9.64 Å². The lowest BCUT2D eigenvalue weighted by atomic mass is 9.91. The van der Waals surface area contributed by atoms with E-state index in [0.29, 0.717) is 6.42 Å². The fourth-order valence-electron chi connectivity index (χ4n) is 2.82. The van der Waals surface area contributed by atoms with Crippen molar-refractivity contribution in [1.29, 1.82) is 0 Å². The Morgan fingerprint density at radius 1 is 1.20 bits per heavy atom.